The van der Waals surface area contributed by atoms with E-state index in [1.165, 1.54) is 18.9 Å². The summed E-state index contributed by atoms with van der Waals surface area (Å²) in [7, 11) is 3.21. The molecule has 1 aromatic carbocycles. The molecule has 2 atom stereocenters. The maximum atomic E-state index is 11.5. The van der Waals surface area contributed by atoms with Crippen molar-refractivity contribution in [3.05, 3.63) is 30.1 Å². The second-order valence-corrected chi connectivity index (χ2v) is 6.36. The van der Waals surface area contributed by atoms with E-state index in [9.17, 15) is 4.79 Å². The van der Waals surface area contributed by atoms with Crippen LogP contribution in [0.1, 0.15) is 18.9 Å². The van der Waals surface area contributed by atoms with Gasteiger partial charge in [-0.3, -0.25) is 4.79 Å². The van der Waals surface area contributed by atoms with Gasteiger partial charge >= 0.3 is 5.97 Å². The monoisotopic (exact) mass is 335 g/mol. The fourth-order valence-corrected chi connectivity index (χ4v) is 3.08. The summed E-state index contributed by atoms with van der Waals surface area (Å²) in [6.45, 7) is 2.13. The predicted octanol–water partition coefficient (Wildman–Crippen LogP) is 1.98. The van der Waals surface area contributed by atoms with Gasteiger partial charge in [0.05, 0.1) is 7.11 Å². The third-order valence-electron chi connectivity index (χ3n) is 3.48. The zero-order valence-electron chi connectivity index (χ0n) is 13.1. The normalized spacial score (nSPS) is 17.6. The van der Waals surface area contributed by atoms with Crippen LogP contribution in [0.5, 0.6) is 11.5 Å². The quantitative estimate of drug-likeness (QED) is 0.624. The molecule has 1 aliphatic rings. The number of carbonyl (C=O) groups is 1. The first-order valence-electron chi connectivity index (χ1n) is 7.12. The van der Waals surface area contributed by atoms with Gasteiger partial charge in [-0.25, -0.2) is 0 Å². The molecule has 0 aliphatic carbocycles. The minimum absolute atomic E-state index is 0.300. The van der Waals surface area contributed by atoms with Crippen molar-refractivity contribution in [3.8, 4) is 11.5 Å². The lowest BCUT2D eigenvalue weighted by molar-refractivity contribution is -0.139. The Morgan fingerprint density at radius 2 is 2.13 bits per heavy atom. The van der Waals surface area contributed by atoms with E-state index >= 15 is 0 Å². The highest BCUT2D eigenvalue weighted by Gasteiger charge is 2.28. The molecule has 1 aliphatic heterocycles. The van der Waals surface area contributed by atoms with E-state index in [1.807, 2.05) is 35.9 Å². The van der Waals surface area contributed by atoms with Gasteiger partial charge < -0.3 is 18.8 Å². The Hall–Kier alpha value is -2.22. The highest BCUT2D eigenvalue weighted by atomic mass is 32.2. The Balaban J connectivity index is 1.76. The van der Waals surface area contributed by atoms with E-state index in [0.717, 1.165) is 5.75 Å². The van der Waals surface area contributed by atoms with Crippen molar-refractivity contribution in [1.82, 2.24) is 14.8 Å². The van der Waals surface area contributed by atoms with Crippen LogP contribution >= 0.6 is 11.8 Å². The number of ether oxygens (including phenoxy) is 3. The van der Waals surface area contributed by atoms with E-state index in [0.29, 0.717) is 23.3 Å². The Bertz CT molecular complexity index is 718. The number of nitrogens with zero attached hydrogens (tertiary/aromatic N) is 3. The van der Waals surface area contributed by atoms with Gasteiger partial charge in [-0.05, 0) is 19.1 Å². The van der Waals surface area contributed by atoms with Crippen LogP contribution in [0.3, 0.4) is 0 Å². The zero-order chi connectivity index (χ0) is 16.4. The molecule has 2 heterocycles. The predicted molar refractivity (Wildman–Crippen MR) is 83.6 cm³/mol. The summed E-state index contributed by atoms with van der Waals surface area (Å²) in [6.07, 6.45) is -0.342. The molecule has 0 radical (unpaired) electrons. The molecule has 1 aromatic heterocycles. The summed E-state index contributed by atoms with van der Waals surface area (Å²) < 4.78 is 18.2. The maximum absolute atomic E-state index is 11.5. The fourth-order valence-electron chi connectivity index (χ4n) is 2.23. The highest BCUT2D eigenvalue weighted by Crippen LogP contribution is 2.36. The first-order valence-corrected chi connectivity index (χ1v) is 8.00. The van der Waals surface area contributed by atoms with Crippen molar-refractivity contribution >= 4 is 17.7 Å². The second kappa shape index (κ2) is 6.49. The standard InChI is InChI=1S/C15H17N3O4S/c1-9(14(19)20-3)23-15-17-16-13(18(15)2)12-8-21-10-6-4-5-7-11(10)22-12/h4-7,9,12H,8H2,1-3H3/t9-,12+/m1/s1. The average molecular weight is 335 g/mol. The van der Waals surface area contributed by atoms with Crippen LogP contribution in [0.15, 0.2) is 29.4 Å². The van der Waals surface area contributed by atoms with Crippen LogP contribution in [-0.2, 0) is 16.6 Å². The second-order valence-electron chi connectivity index (χ2n) is 5.05. The number of thioether (sulfide) groups is 1. The Morgan fingerprint density at radius 3 is 2.87 bits per heavy atom. The maximum Gasteiger partial charge on any atom is 0.318 e. The minimum Gasteiger partial charge on any atom is -0.485 e. The summed E-state index contributed by atoms with van der Waals surface area (Å²) in [4.78, 5) is 11.5. The molecule has 0 amide bonds. The number of hydrogen-bond donors (Lipinski definition) is 0. The largest absolute Gasteiger partial charge is 0.485 e. The molecule has 2 aromatic rings. The summed E-state index contributed by atoms with van der Waals surface area (Å²) >= 11 is 1.29. The van der Waals surface area contributed by atoms with E-state index in [2.05, 4.69) is 10.2 Å². The van der Waals surface area contributed by atoms with Crippen molar-refractivity contribution in [3.63, 3.8) is 0 Å². The lowest BCUT2D eigenvalue weighted by atomic mass is 10.2. The van der Waals surface area contributed by atoms with E-state index < -0.39 is 0 Å². The van der Waals surface area contributed by atoms with Crippen LogP contribution in [0.4, 0.5) is 0 Å². The van der Waals surface area contributed by atoms with Gasteiger partial charge in [-0.2, -0.15) is 0 Å². The van der Waals surface area contributed by atoms with E-state index in [1.54, 1.807) is 6.92 Å². The summed E-state index contributed by atoms with van der Waals surface area (Å²) in [6, 6.07) is 7.50. The minimum atomic E-state index is -0.361. The summed E-state index contributed by atoms with van der Waals surface area (Å²) in [5.41, 5.74) is 0. The lowest BCUT2D eigenvalue weighted by Gasteiger charge is -2.25. The number of carbonyl (C=O) groups excluding carboxylic acids is 1. The average Bonchev–Trinajstić information content (AvgIpc) is 2.94. The third-order valence-corrected chi connectivity index (χ3v) is 4.59. The van der Waals surface area contributed by atoms with Crippen LogP contribution < -0.4 is 9.47 Å². The first kappa shape index (κ1) is 15.7. The van der Waals surface area contributed by atoms with E-state index in [4.69, 9.17) is 14.2 Å². The molecule has 8 heteroatoms. The highest BCUT2D eigenvalue weighted by molar-refractivity contribution is 8.00. The van der Waals surface area contributed by atoms with Gasteiger partial charge in [0, 0.05) is 7.05 Å². The van der Waals surface area contributed by atoms with Gasteiger partial charge in [-0.15, -0.1) is 10.2 Å². The molecule has 3 rings (SSSR count). The molecule has 7 nitrogen and oxygen atoms in total. The summed E-state index contributed by atoms with van der Waals surface area (Å²) in [5.74, 6) is 1.76. The molecule has 0 N–H and O–H groups in total. The number of fused-ring (bicyclic) bond motifs is 1. The zero-order valence-corrected chi connectivity index (χ0v) is 13.9. The fraction of sp³-hybridized carbons (Fsp3) is 0.400. The molecule has 0 unspecified atom stereocenters. The van der Waals surface area contributed by atoms with Gasteiger partial charge in [-0.1, -0.05) is 23.9 Å². The van der Waals surface area contributed by atoms with Crippen molar-refractivity contribution in [2.75, 3.05) is 13.7 Å². The third kappa shape index (κ3) is 3.12. The summed E-state index contributed by atoms with van der Waals surface area (Å²) in [5, 5.41) is 8.59. The van der Waals surface area contributed by atoms with Gasteiger partial charge in [0.25, 0.3) is 0 Å². The van der Waals surface area contributed by atoms with Crippen LogP contribution in [0.2, 0.25) is 0 Å². The molecule has 23 heavy (non-hydrogen) atoms. The van der Waals surface area contributed by atoms with E-state index in [-0.39, 0.29) is 17.3 Å². The van der Waals surface area contributed by atoms with Crippen LogP contribution in [0.25, 0.3) is 0 Å². The first-order chi connectivity index (χ1) is 11.1. The Labute approximate surface area is 137 Å². The Kier molecular flexibility index (Phi) is 4.42. The molecule has 0 saturated heterocycles. The van der Waals surface area contributed by atoms with Crippen LogP contribution in [-0.4, -0.2) is 39.7 Å². The van der Waals surface area contributed by atoms with Crippen molar-refractivity contribution in [2.45, 2.75) is 23.4 Å². The van der Waals surface area contributed by atoms with Gasteiger partial charge in [0.2, 0.25) is 0 Å². The number of aromatic nitrogens is 3. The number of rotatable bonds is 4. The van der Waals surface area contributed by atoms with Crippen molar-refractivity contribution < 1.29 is 19.0 Å². The molecule has 0 fully saturated rings. The van der Waals surface area contributed by atoms with Crippen molar-refractivity contribution in [2.24, 2.45) is 7.05 Å². The molecule has 0 saturated carbocycles. The van der Waals surface area contributed by atoms with Gasteiger partial charge in [0.15, 0.2) is 28.6 Å². The molecule has 0 spiro atoms. The molecular formula is C15H17N3O4S. The number of hydrogen-bond acceptors (Lipinski definition) is 7. The number of para-hydroxylation sites is 2. The molecule has 122 valence electrons. The van der Waals surface area contributed by atoms with Crippen LogP contribution in [0, 0.1) is 0 Å². The lowest BCUT2D eigenvalue weighted by Crippen LogP contribution is -2.24. The number of benzene rings is 1. The topological polar surface area (TPSA) is 75.5 Å². The molecular weight excluding hydrogens is 318 g/mol. The van der Waals surface area contributed by atoms with Crippen molar-refractivity contribution in [1.29, 1.82) is 0 Å². The number of methoxy groups -OCH3 is 1. The Morgan fingerprint density at radius 1 is 1.39 bits per heavy atom. The van der Waals surface area contributed by atoms with Gasteiger partial charge in [0.1, 0.15) is 11.9 Å². The SMILES string of the molecule is COC(=O)[C@@H](C)Sc1nnc([C@@H]2COc3ccccc3O2)n1C. The number of esters is 1. The molecule has 0 bridgehead atoms. The smallest absolute Gasteiger partial charge is 0.318 e.